The van der Waals surface area contributed by atoms with Crippen molar-refractivity contribution in [3.63, 3.8) is 0 Å². The van der Waals surface area contributed by atoms with Crippen LogP contribution in [-0.4, -0.2) is 6.03 Å². The van der Waals surface area contributed by atoms with Gasteiger partial charge in [0.05, 0.1) is 0 Å². The summed E-state index contributed by atoms with van der Waals surface area (Å²) in [5.74, 6) is -0.434. The summed E-state index contributed by atoms with van der Waals surface area (Å²) in [5.41, 5.74) is 9.62. The predicted molar refractivity (Wildman–Crippen MR) is 51.0 cm³/mol. The summed E-state index contributed by atoms with van der Waals surface area (Å²) in [6.07, 6.45) is 0. The molecule has 6 heteroatoms. The first kappa shape index (κ1) is 10.7. The zero-order valence-electron chi connectivity index (χ0n) is 7.18. The molecule has 76 valence electrons. The minimum atomic E-state index is -0.738. The summed E-state index contributed by atoms with van der Waals surface area (Å²) in [7, 11) is 0. The number of halogens is 2. The predicted octanol–water partition coefficient (Wildman–Crippen LogP) is 1.15. The topological polar surface area (TPSA) is 67.2 Å². The van der Waals surface area contributed by atoms with Gasteiger partial charge in [0.1, 0.15) is 5.82 Å². The lowest BCUT2D eigenvalue weighted by atomic mass is 10.2. The van der Waals surface area contributed by atoms with Crippen molar-refractivity contribution in [2.75, 3.05) is 0 Å². The highest BCUT2D eigenvalue weighted by atomic mass is 35.5. The lowest BCUT2D eigenvalue weighted by Crippen LogP contribution is -2.40. The van der Waals surface area contributed by atoms with Crippen LogP contribution in [0.1, 0.15) is 5.56 Å². The average molecular weight is 218 g/mol. The number of primary amides is 1. The fourth-order valence-electron chi connectivity index (χ4n) is 0.921. The summed E-state index contributed by atoms with van der Waals surface area (Å²) >= 11 is 5.72. The van der Waals surface area contributed by atoms with Crippen LogP contribution in [-0.2, 0) is 6.54 Å². The quantitative estimate of drug-likeness (QED) is 0.665. The molecule has 0 aromatic heterocycles. The molecule has 1 aromatic rings. The van der Waals surface area contributed by atoms with Gasteiger partial charge in [0.25, 0.3) is 0 Å². The highest BCUT2D eigenvalue weighted by Gasteiger charge is 2.05. The Balaban J connectivity index is 2.62. The van der Waals surface area contributed by atoms with Gasteiger partial charge in [0, 0.05) is 17.1 Å². The number of nitrogens with two attached hydrogens (primary N) is 1. The Labute approximate surface area is 85.2 Å². The number of urea groups is 1. The number of benzene rings is 1. The van der Waals surface area contributed by atoms with Crippen molar-refractivity contribution in [2.24, 2.45) is 5.73 Å². The molecule has 0 unspecified atom stereocenters. The van der Waals surface area contributed by atoms with E-state index in [1.165, 1.54) is 12.1 Å². The van der Waals surface area contributed by atoms with Crippen molar-refractivity contribution in [3.05, 3.63) is 34.6 Å². The first-order chi connectivity index (χ1) is 6.61. The molecule has 0 fully saturated rings. The molecule has 1 rings (SSSR count). The molecular formula is C8H9ClFN3O. The Kier molecular flexibility index (Phi) is 3.67. The minimum absolute atomic E-state index is 0.0778. The maximum absolute atomic E-state index is 13.1. The summed E-state index contributed by atoms with van der Waals surface area (Å²) in [5, 5.41) is 0.295. The molecular weight excluding hydrogens is 209 g/mol. The molecule has 2 amide bonds. The Bertz CT molecular complexity index is 325. The molecule has 1 aromatic carbocycles. The zero-order chi connectivity index (χ0) is 10.6. The number of amides is 2. The number of hydrogen-bond acceptors (Lipinski definition) is 2. The Morgan fingerprint density at radius 3 is 2.86 bits per heavy atom. The van der Waals surface area contributed by atoms with Crippen LogP contribution in [0.3, 0.4) is 0 Å². The number of carbonyl (C=O) groups is 1. The highest BCUT2D eigenvalue weighted by molar-refractivity contribution is 6.31. The van der Waals surface area contributed by atoms with Crippen LogP contribution in [0.15, 0.2) is 18.2 Å². The van der Waals surface area contributed by atoms with E-state index in [-0.39, 0.29) is 12.1 Å². The van der Waals surface area contributed by atoms with Gasteiger partial charge in [-0.3, -0.25) is 5.43 Å². The van der Waals surface area contributed by atoms with Crippen LogP contribution in [0.5, 0.6) is 0 Å². The maximum atomic E-state index is 13.1. The normalized spacial score (nSPS) is 9.86. The number of carbonyl (C=O) groups excluding carboxylic acids is 1. The second-order valence-electron chi connectivity index (χ2n) is 2.54. The third-order valence-electron chi connectivity index (χ3n) is 1.54. The van der Waals surface area contributed by atoms with Crippen LogP contribution in [0.25, 0.3) is 0 Å². The Morgan fingerprint density at radius 2 is 2.29 bits per heavy atom. The smallest absolute Gasteiger partial charge is 0.326 e. The van der Waals surface area contributed by atoms with Crippen molar-refractivity contribution in [1.82, 2.24) is 10.9 Å². The van der Waals surface area contributed by atoms with Gasteiger partial charge in [0.15, 0.2) is 0 Å². The van der Waals surface area contributed by atoms with Crippen molar-refractivity contribution >= 4 is 17.6 Å². The largest absolute Gasteiger partial charge is 0.351 e. The molecule has 0 spiro atoms. The van der Waals surface area contributed by atoms with E-state index >= 15 is 0 Å². The molecule has 0 saturated heterocycles. The van der Waals surface area contributed by atoms with E-state index in [1.807, 2.05) is 0 Å². The van der Waals surface area contributed by atoms with E-state index in [1.54, 1.807) is 6.07 Å². The summed E-state index contributed by atoms with van der Waals surface area (Å²) < 4.78 is 13.1. The molecule has 4 nitrogen and oxygen atoms in total. The average Bonchev–Trinajstić information content (AvgIpc) is 2.09. The molecule has 14 heavy (non-hydrogen) atoms. The third-order valence-corrected chi connectivity index (χ3v) is 1.89. The molecule has 0 aliphatic rings. The molecule has 0 aliphatic carbocycles. The lowest BCUT2D eigenvalue weighted by Gasteiger charge is -2.07. The molecule has 4 N–H and O–H groups in total. The first-order valence-electron chi connectivity index (χ1n) is 3.82. The minimum Gasteiger partial charge on any atom is -0.351 e. The van der Waals surface area contributed by atoms with Gasteiger partial charge in [-0.15, -0.1) is 0 Å². The fraction of sp³-hybridized carbons (Fsp3) is 0.125. The van der Waals surface area contributed by atoms with Crippen LogP contribution < -0.4 is 16.6 Å². The molecule has 0 aliphatic heterocycles. The van der Waals surface area contributed by atoms with Gasteiger partial charge in [-0.2, -0.15) is 0 Å². The highest BCUT2D eigenvalue weighted by Crippen LogP contribution is 2.18. The van der Waals surface area contributed by atoms with Crippen LogP contribution >= 0.6 is 11.6 Å². The maximum Gasteiger partial charge on any atom is 0.326 e. The summed E-state index contributed by atoms with van der Waals surface area (Å²) in [4.78, 5) is 10.3. The number of hydrazine groups is 1. The fourth-order valence-corrected chi connectivity index (χ4v) is 1.15. The van der Waals surface area contributed by atoms with Crippen molar-refractivity contribution < 1.29 is 9.18 Å². The molecule has 0 bridgehead atoms. The first-order valence-corrected chi connectivity index (χ1v) is 4.20. The summed E-state index contributed by atoms with van der Waals surface area (Å²) in [6, 6.07) is 3.61. The molecule has 0 radical (unpaired) electrons. The van der Waals surface area contributed by atoms with E-state index in [2.05, 4.69) is 10.9 Å². The van der Waals surface area contributed by atoms with E-state index in [4.69, 9.17) is 17.3 Å². The van der Waals surface area contributed by atoms with Crippen LogP contribution in [0.4, 0.5) is 9.18 Å². The summed E-state index contributed by atoms with van der Waals surface area (Å²) in [6.45, 7) is 0.0778. The van der Waals surface area contributed by atoms with E-state index < -0.39 is 11.8 Å². The molecule has 0 heterocycles. The lowest BCUT2D eigenvalue weighted by molar-refractivity contribution is 0.244. The monoisotopic (exact) mass is 217 g/mol. The number of hydrogen-bond donors (Lipinski definition) is 3. The molecule has 0 atom stereocenters. The standard InChI is InChI=1S/C8H9ClFN3O/c9-6-2-1-3-7(10)5(6)4-12-13-8(11)14/h1-3,12H,4H2,(H3,11,13,14). The van der Waals surface area contributed by atoms with Gasteiger partial charge >= 0.3 is 6.03 Å². The Morgan fingerprint density at radius 1 is 1.57 bits per heavy atom. The SMILES string of the molecule is NC(=O)NNCc1c(F)cccc1Cl. The zero-order valence-corrected chi connectivity index (χ0v) is 7.94. The van der Waals surface area contributed by atoms with Crippen LogP contribution in [0, 0.1) is 5.82 Å². The van der Waals surface area contributed by atoms with Gasteiger partial charge in [0.2, 0.25) is 0 Å². The van der Waals surface area contributed by atoms with E-state index in [0.29, 0.717) is 5.02 Å². The number of nitrogens with one attached hydrogen (secondary N) is 2. The van der Waals surface area contributed by atoms with Crippen molar-refractivity contribution in [3.8, 4) is 0 Å². The molecule has 0 saturated carbocycles. The van der Waals surface area contributed by atoms with Gasteiger partial charge in [-0.25, -0.2) is 14.6 Å². The van der Waals surface area contributed by atoms with Gasteiger partial charge in [-0.1, -0.05) is 17.7 Å². The second kappa shape index (κ2) is 4.78. The Hall–Kier alpha value is -1.33. The van der Waals surface area contributed by atoms with Crippen LogP contribution in [0.2, 0.25) is 5.02 Å². The second-order valence-corrected chi connectivity index (χ2v) is 2.95. The number of rotatable bonds is 3. The van der Waals surface area contributed by atoms with E-state index in [0.717, 1.165) is 0 Å². The van der Waals surface area contributed by atoms with Crippen molar-refractivity contribution in [1.29, 1.82) is 0 Å². The van der Waals surface area contributed by atoms with Gasteiger partial charge in [-0.05, 0) is 12.1 Å². The van der Waals surface area contributed by atoms with Gasteiger partial charge < -0.3 is 5.73 Å². The van der Waals surface area contributed by atoms with Crippen molar-refractivity contribution in [2.45, 2.75) is 6.54 Å². The third kappa shape index (κ3) is 2.86. The van der Waals surface area contributed by atoms with E-state index in [9.17, 15) is 9.18 Å².